The molecule has 5 nitrogen and oxygen atoms in total. The topological polar surface area (TPSA) is 70.8 Å². The number of hydrogen-bond donors (Lipinski definition) is 1. The minimum Gasteiger partial charge on any atom is -0.463 e. The Morgan fingerprint density at radius 3 is 2.42 bits per heavy atom. The zero-order valence-corrected chi connectivity index (χ0v) is 15.5. The van der Waals surface area contributed by atoms with E-state index in [1.54, 1.807) is 6.92 Å². The second kappa shape index (κ2) is 8.20. The first-order valence-corrected chi connectivity index (χ1v) is 9.53. The Balaban J connectivity index is 2.20. The molecule has 0 radical (unpaired) electrons. The van der Waals surface area contributed by atoms with E-state index in [0.717, 1.165) is 18.2 Å². The number of hydrogen-bond acceptors (Lipinski definition) is 5. The van der Waals surface area contributed by atoms with E-state index in [2.05, 4.69) is 0 Å². The monoisotopic (exact) mass is 409 g/mol. The lowest BCUT2D eigenvalue weighted by Crippen LogP contribution is -2.13. The van der Waals surface area contributed by atoms with Crippen LogP contribution < -0.4 is 15.2 Å². The normalized spacial score (nSPS) is 13.9. The van der Waals surface area contributed by atoms with Crippen molar-refractivity contribution in [1.82, 2.24) is 0 Å². The number of anilines is 1. The van der Waals surface area contributed by atoms with Crippen molar-refractivity contribution in [3.63, 3.8) is 0 Å². The molecular weight excluding hydrogens is 394 g/mol. The third kappa shape index (κ3) is 5.56. The lowest BCUT2D eigenvalue weighted by Gasteiger charge is -2.17. The molecule has 26 heavy (non-hydrogen) atoms. The van der Waals surface area contributed by atoms with E-state index in [-0.39, 0.29) is 28.0 Å². The fourth-order valence-corrected chi connectivity index (χ4v) is 2.74. The summed E-state index contributed by atoms with van der Waals surface area (Å²) in [6.07, 6.45) is -5.31. The predicted molar refractivity (Wildman–Crippen MR) is 93.5 cm³/mol. The maximum atomic E-state index is 12.7. The van der Waals surface area contributed by atoms with Gasteiger partial charge < -0.3 is 15.2 Å². The van der Waals surface area contributed by atoms with Crippen LogP contribution in [0.5, 0.6) is 17.2 Å². The van der Waals surface area contributed by atoms with Crippen LogP contribution in [0.1, 0.15) is 12.5 Å². The zero-order valence-electron chi connectivity index (χ0n) is 13.8. The summed E-state index contributed by atoms with van der Waals surface area (Å²) in [5.41, 5.74) is 5.20. The van der Waals surface area contributed by atoms with Crippen molar-refractivity contribution in [2.24, 2.45) is 0 Å². The van der Waals surface area contributed by atoms with Crippen LogP contribution in [0.3, 0.4) is 0 Å². The van der Waals surface area contributed by atoms with Gasteiger partial charge in [-0.3, -0.25) is 9.09 Å². The molecule has 2 aromatic rings. The van der Waals surface area contributed by atoms with Crippen molar-refractivity contribution >= 4 is 25.3 Å². The molecule has 2 aromatic carbocycles. The molecule has 142 valence electrons. The maximum absolute atomic E-state index is 12.7. The van der Waals surface area contributed by atoms with Crippen LogP contribution in [0.25, 0.3) is 0 Å². The van der Waals surface area contributed by atoms with Gasteiger partial charge in [-0.05, 0) is 37.3 Å². The smallest absolute Gasteiger partial charge is 0.416 e. The van der Waals surface area contributed by atoms with Gasteiger partial charge in [-0.1, -0.05) is 11.6 Å². The molecule has 0 saturated heterocycles. The number of nitrogens with two attached hydrogens (primary N) is 1. The average molecular weight is 410 g/mol. The highest BCUT2D eigenvalue weighted by molar-refractivity contribution is 7.38. The van der Waals surface area contributed by atoms with Crippen molar-refractivity contribution < 1.29 is 31.7 Å². The van der Waals surface area contributed by atoms with Gasteiger partial charge in [0, 0.05) is 12.7 Å². The number of rotatable bonds is 6. The fourth-order valence-electron chi connectivity index (χ4n) is 2.00. The number of benzene rings is 2. The van der Waals surface area contributed by atoms with Crippen LogP contribution in [0.15, 0.2) is 36.4 Å². The van der Waals surface area contributed by atoms with Gasteiger partial charge in [-0.2, -0.15) is 13.2 Å². The SMILES string of the molecule is CC(Oc1cc(Oc2ccc(C(F)(F)F)cc2Cl)ccc1N)O[PH](C)=O. The molecule has 0 spiro atoms. The molecular formula is C16H16ClF3NO4P. The van der Waals surface area contributed by atoms with E-state index in [1.165, 1.54) is 24.9 Å². The van der Waals surface area contributed by atoms with Gasteiger partial charge >= 0.3 is 6.18 Å². The van der Waals surface area contributed by atoms with Crippen molar-refractivity contribution in [2.45, 2.75) is 19.4 Å². The van der Waals surface area contributed by atoms with E-state index >= 15 is 0 Å². The summed E-state index contributed by atoms with van der Waals surface area (Å²) < 4.78 is 65.1. The standard InChI is InChI=1S/C16H16ClF3NO4P/c1-9(25-26(2)22)23-15-8-11(4-5-13(15)21)24-14-6-3-10(7-12(14)17)16(18,19)20/h3-9,26H,21H2,1-2H3. The molecule has 0 heterocycles. The Morgan fingerprint density at radius 2 is 1.85 bits per heavy atom. The largest absolute Gasteiger partial charge is 0.463 e. The van der Waals surface area contributed by atoms with E-state index in [4.69, 9.17) is 31.3 Å². The number of ether oxygens (including phenoxy) is 2. The first kappa shape index (κ1) is 20.4. The van der Waals surface area contributed by atoms with Gasteiger partial charge in [0.2, 0.25) is 6.29 Å². The summed E-state index contributed by atoms with van der Waals surface area (Å²) >= 11 is 5.87. The quantitative estimate of drug-likeness (QED) is 0.383. The Labute approximate surface area is 153 Å². The summed E-state index contributed by atoms with van der Waals surface area (Å²) in [5.74, 6) is 0.492. The lowest BCUT2D eigenvalue weighted by atomic mass is 10.2. The summed E-state index contributed by atoms with van der Waals surface area (Å²) in [7, 11) is -2.20. The van der Waals surface area contributed by atoms with E-state index in [9.17, 15) is 17.7 Å². The number of halogens is 4. The molecule has 2 N–H and O–H groups in total. The highest BCUT2D eigenvalue weighted by Crippen LogP contribution is 2.38. The van der Waals surface area contributed by atoms with Crippen LogP contribution in [0.4, 0.5) is 18.9 Å². The first-order chi connectivity index (χ1) is 12.1. The highest BCUT2D eigenvalue weighted by Gasteiger charge is 2.31. The maximum Gasteiger partial charge on any atom is 0.416 e. The molecule has 0 aliphatic carbocycles. The molecule has 0 amide bonds. The Morgan fingerprint density at radius 1 is 1.15 bits per heavy atom. The second-order valence-corrected chi connectivity index (χ2v) is 6.87. The van der Waals surface area contributed by atoms with Crippen LogP contribution in [-0.2, 0) is 15.3 Å². The van der Waals surface area contributed by atoms with E-state index < -0.39 is 26.1 Å². The third-order valence-corrected chi connectivity index (χ3v) is 4.06. The second-order valence-electron chi connectivity index (χ2n) is 5.24. The first-order valence-electron chi connectivity index (χ1n) is 7.34. The number of nitrogen functional groups attached to an aromatic ring is 1. The van der Waals surface area contributed by atoms with Crippen molar-refractivity contribution in [1.29, 1.82) is 0 Å². The van der Waals surface area contributed by atoms with Crippen molar-refractivity contribution in [3.05, 3.63) is 47.0 Å². The van der Waals surface area contributed by atoms with Gasteiger partial charge in [0.05, 0.1) is 16.3 Å². The molecule has 0 aliphatic rings. The Bertz CT molecular complexity index is 817. The van der Waals surface area contributed by atoms with E-state index in [1.807, 2.05) is 0 Å². The minimum absolute atomic E-state index is 0.0401. The Kier molecular flexibility index (Phi) is 6.44. The van der Waals surface area contributed by atoms with Gasteiger partial charge in [-0.25, -0.2) is 0 Å². The van der Waals surface area contributed by atoms with E-state index in [0.29, 0.717) is 0 Å². The number of alkyl halides is 3. The molecule has 2 atom stereocenters. The van der Waals surface area contributed by atoms with Crippen LogP contribution in [0.2, 0.25) is 5.02 Å². The molecule has 10 heteroatoms. The zero-order chi connectivity index (χ0) is 19.5. The summed E-state index contributed by atoms with van der Waals surface area (Å²) in [6, 6.07) is 7.19. The summed E-state index contributed by atoms with van der Waals surface area (Å²) in [5, 5.41) is -0.194. The third-order valence-electron chi connectivity index (χ3n) is 3.10. The average Bonchev–Trinajstić information content (AvgIpc) is 2.50. The van der Waals surface area contributed by atoms with Crippen LogP contribution in [-0.4, -0.2) is 13.0 Å². The van der Waals surface area contributed by atoms with Gasteiger partial charge in [0.15, 0.2) is 8.03 Å². The molecule has 2 rings (SSSR count). The van der Waals surface area contributed by atoms with Crippen molar-refractivity contribution in [2.75, 3.05) is 12.4 Å². The highest BCUT2D eigenvalue weighted by atomic mass is 35.5. The minimum atomic E-state index is -4.50. The summed E-state index contributed by atoms with van der Waals surface area (Å²) in [4.78, 5) is 0. The summed E-state index contributed by atoms with van der Waals surface area (Å²) in [6.45, 7) is 2.96. The van der Waals surface area contributed by atoms with Crippen LogP contribution >= 0.6 is 19.6 Å². The van der Waals surface area contributed by atoms with Crippen molar-refractivity contribution in [3.8, 4) is 17.2 Å². The molecule has 0 saturated carbocycles. The van der Waals surface area contributed by atoms with Gasteiger partial charge in [0.1, 0.15) is 17.2 Å². The molecule has 0 bridgehead atoms. The lowest BCUT2D eigenvalue weighted by molar-refractivity contribution is -0.137. The fraction of sp³-hybridized carbons (Fsp3) is 0.250. The molecule has 0 fully saturated rings. The molecule has 2 unspecified atom stereocenters. The Hall–Kier alpha value is -1.89. The predicted octanol–water partition coefficient (Wildman–Crippen LogP) is 5.58. The van der Waals surface area contributed by atoms with Crippen LogP contribution in [0, 0.1) is 0 Å². The van der Waals surface area contributed by atoms with Gasteiger partial charge in [0.25, 0.3) is 0 Å². The molecule has 0 aromatic heterocycles. The van der Waals surface area contributed by atoms with Gasteiger partial charge in [-0.15, -0.1) is 0 Å². The molecule has 0 aliphatic heterocycles.